The van der Waals surface area contributed by atoms with Crippen LogP contribution >= 0.6 is 0 Å². The van der Waals surface area contributed by atoms with Crippen LogP contribution in [0.15, 0.2) is 38.7 Å². The number of phenols is 3. The maximum Gasteiger partial charge on any atom is 0.407 e. The summed E-state index contributed by atoms with van der Waals surface area (Å²) in [5.41, 5.74) is -3.13. The van der Waals surface area contributed by atoms with E-state index in [1.807, 2.05) is 0 Å². The van der Waals surface area contributed by atoms with Gasteiger partial charge < -0.3 is 54.4 Å². The standard InChI is InChI=1S/C32H30N2O14/c1-31(2,3)48-30(43)34-6-5-33-15-9-16(35)20-21(23(15)38)25(40)27-14(22(20)37)10-32(47-27)11-17(36)13-7-12-8-18(28(41)44-4)45-29(42)19(12)24(39)26(13)46-32/h7-9,17,33,35-36,38-39H,5-6,10-11H2,1-4H3,(H,34,43). The molecule has 1 aliphatic carbocycles. The Balaban J connectivity index is 1.27. The molecule has 1 spiro atoms. The zero-order valence-electron chi connectivity index (χ0n) is 26.0. The van der Waals surface area contributed by atoms with Crippen molar-refractivity contribution in [1.29, 1.82) is 0 Å². The molecular weight excluding hydrogens is 636 g/mol. The number of benzene rings is 2. The number of rotatable bonds is 5. The lowest BCUT2D eigenvalue weighted by Crippen LogP contribution is -2.41. The molecule has 0 fully saturated rings. The number of Topliss-reactive ketones (excluding diaryl/α,β-unsaturated/α-hetero) is 2. The van der Waals surface area contributed by atoms with E-state index in [1.54, 1.807) is 20.8 Å². The summed E-state index contributed by atoms with van der Waals surface area (Å²) in [6.45, 7) is 5.17. The minimum atomic E-state index is -1.92. The number of alkyl carbamates (subject to hydrolysis) is 1. The van der Waals surface area contributed by atoms with Crippen LogP contribution in [0.1, 0.15) is 76.6 Å². The van der Waals surface area contributed by atoms with E-state index in [-0.39, 0.29) is 52.9 Å². The number of nitrogens with one attached hydrogen (secondary N) is 2. The molecule has 0 radical (unpaired) electrons. The Kier molecular flexibility index (Phi) is 7.50. The molecule has 2 aliphatic heterocycles. The summed E-state index contributed by atoms with van der Waals surface area (Å²) in [7, 11) is 1.09. The Morgan fingerprint density at radius 2 is 1.73 bits per heavy atom. The highest BCUT2D eigenvalue weighted by atomic mass is 16.7. The number of methoxy groups -OCH3 is 1. The van der Waals surface area contributed by atoms with Crippen LogP contribution in [0.25, 0.3) is 10.8 Å². The highest BCUT2D eigenvalue weighted by Crippen LogP contribution is 2.54. The van der Waals surface area contributed by atoms with Gasteiger partial charge in [-0.3, -0.25) is 9.59 Å². The molecule has 0 bridgehead atoms. The number of anilines is 1. The zero-order chi connectivity index (χ0) is 34.9. The molecule has 48 heavy (non-hydrogen) atoms. The van der Waals surface area contributed by atoms with Crippen molar-refractivity contribution in [3.05, 3.63) is 62.4 Å². The monoisotopic (exact) mass is 666 g/mol. The normalized spacial score (nSPS) is 19.6. The minimum absolute atomic E-state index is 0.0219. The molecule has 3 heterocycles. The average Bonchev–Trinajstić information content (AvgIpc) is 3.37. The number of ketones is 2. The van der Waals surface area contributed by atoms with Crippen LogP contribution in [0, 0.1) is 0 Å². The van der Waals surface area contributed by atoms with Gasteiger partial charge in [0.25, 0.3) is 5.79 Å². The fourth-order valence-electron chi connectivity index (χ4n) is 5.89. The first kappa shape index (κ1) is 32.2. The van der Waals surface area contributed by atoms with E-state index in [4.69, 9.17) is 18.6 Å². The van der Waals surface area contributed by atoms with Gasteiger partial charge in [0.05, 0.1) is 48.4 Å². The van der Waals surface area contributed by atoms with Gasteiger partial charge in [-0.2, -0.15) is 0 Å². The second kappa shape index (κ2) is 11.2. The molecule has 252 valence electrons. The Bertz CT molecular complexity index is 2040. The van der Waals surface area contributed by atoms with Crippen molar-refractivity contribution in [3.63, 3.8) is 0 Å². The molecular formula is C32H30N2O14. The first-order valence-corrected chi connectivity index (χ1v) is 14.6. The number of ether oxygens (including phenoxy) is 4. The zero-order valence-corrected chi connectivity index (χ0v) is 26.0. The molecule has 6 rings (SSSR count). The Morgan fingerprint density at radius 1 is 1.00 bits per heavy atom. The van der Waals surface area contributed by atoms with E-state index in [9.17, 15) is 44.4 Å². The Morgan fingerprint density at radius 3 is 2.42 bits per heavy atom. The van der Waals surface area contributed by atoms with E-state index in [1.165, 1.54) is 6.07 Å². The number of esters is 1. The van der Waals surface area contributed by atoms with Crippen molar-refractivity contribution in [2.45, 2.75) is 51.1 Å². The van der Waals surface area contributed by atoms with E-state index < -0.39 is 93.1 Å². The number of carbonyl (C=O) groups excluding carboxylic acids is 4. The first-order chi connectivity index (χ1) is 22.5. The van der Waals surface area contributed by atoms with E-state index in [0.717, 1.165) is 19.2 Å². The number of hydrogen-bond acceptors (Lipinski definition) is 15. The highest BCUT2D eigenvalue weighted by molar-refractivity contribution is 6.29. The topological polar surface area (TPSA) is 240 Å². The maximum atomic E-state index is 13.7. The van der Waals surface area contributed by atoms with Crippen LogP contribution in [-0.4, -0.2) is 75.6 Å². The predicted molar refractivity (Wildman–Crippen MR) is 162 cm³/mol. The number of hydrogen-bond donors (Lipinski definition) is 6. The molecule has 1 amide bonds. The van der Waals surface area contributed by atoms with Gasteiger partial charge in [0.2, 0.25) is 11.5 Å². The largest absolute Gasteiger partial charge is 0.507 e. The van der Waals surface area contributed by atoms with Gasteiger partial charge in [0.15, 0.2) is 28.8 Å². The van der Waals surface area contributed by atoms with Gasteiger partial charge in [-0.1, -0.05) is 0 Å². The average molecular weight is 667 g/mol. The summed E-state index contributed by atoms with van der Waals surface area (Å²) in [6, 6.07) is 3.52. The van der Waals surface area contributed by atoms with Crippen molar-refractivity contribution in [2.75, 3.05) is 25.5 Å². The molecule has 16 nitrogen and oxygen atoms in total. The van der Waals surface area contributed by atoms with Gasteiger partial charge in [-0.05, 0) is 38.3 Å². The van der Waals surface area contributed by atoms with Crippen molar-refractivity contribution < 1.29 is 63.0 Å². The summed E-state index contributed by atoms with van der Waals surface area (Å²) in [6.07, 6.45) is -2.86. The summed E-state index contributed by atoms with van der Waals surface area (Å²) >= 11 is 0. The second-order valence-electron chi connectivity index (χ2n) is 12.4. The van der Waals surface area contributed by atoms with Crippen LogP contribution < -0.4 is 21.0 Å². The molecule has 6 N–H and O–H groups in total. The fourth-order valence-corrected chi connectivity index (χ4v) is 5.89. The summed E-state index contributed by atoms with van der Waals surface area (Å²) in [5.74, 6) is -7.99. The predicted octanol–water partition coefficient (Wildman–Crippen LogP) is 2.90. The number of aromatic hydroxyl groups is 3. The molecule has 2 unspecified atom stereocenters. The van der Waals surface area contributed by atoms with Gasteiger partial charge in [0, 0.05) is 24.7 Å². The van der Waals surface area contributed by atoms with Crippen LogP contribution in [0.4, 0.5) is 10.5 Å². The quantitative estimate of drug-likeness (QED) is 0.0993. The third-order valence-corrected chi connectivity index (χ3v) is 7.88. The lowest BCUT2D eigenvalue weighted by Gasteiger charge is -2.37. The summed E-state index contributed by atoms with van der Waals surface area (Å²) < 4.78 is 26.6. The number of amides is 1. The third kappa shape index (κ3) is 5.29. The van der Waals surface area contributed by atoms with Gasteiger partial charge in [0.1, 0.15) is 16.7 Å². The number of allylic oxidation sites excluding steroid dienone is 1. The van der Waals surface area contributed by atoms with E-state index in [2.05, 4.69) is 15.4 Å². The fraction of sp³-hybridized carbons (Fsp3) is 0.344. The number of phenolic OH excluding ortho intramolecular Hbond substituents is 3. The number of aliphatic hydroxyl groups is 1. The molecule has 1 aromatic heterocycles. The van der Waals surface area contributed by atoms with Crippen molar-refractivity contribution in [2.24, 2.45) is 0 Å². The van der Waals surface area contributed by atoms with Crippen molar-refractivity contribution >= 4 is 40.1 Å². The highest BCUT2D eigenvalue weighted by Gasteiger charge is 2.55. The molecule has 0 saturated heterocycles. The number of fused-ring (bicyclic) bond motifs is 3. The van der Waals surface area contributed by atoms with E-state index in [0.29, 0.717) is 0 Å². The third-order valence-electron chi connectivity index (χ3n) is 7.88. The van der Waals surface area contributed by atoms with Crippen molar-refractivity contribution in [1.82, 2.24) is 5.32 Å². The summed E-state index contributed by atoms with van der Waals surface area (Å²) in [5, 5.41) is 49.0. The molecule has 16 heteroatoms. The molecule has 3 aliphatic rings. The Hall–Kier alpha value is -5.77. The van der Waals surface area contributed by atoms with E-state index >= 15 is 0 Å². The van der Waals surface area contributed by atoms with Crippen LogP contribution in [0.5, 0.6) is 23.0 Å². The van der Waals surface area contributed by atoms with Crippen LogP contribution in [0.3, 0.4) is 0 Å². The van der Waals surface area contributed by atoms with Crippen LogP contribution in [-0.2, 0) is 14.2 Å². The minimum Gasteiger partial charge on any atom is -0.507 e. The molecule has 2 atom stereocenters. The van der Waals surface area contributed by atoms with Crippen LogP contribution in [0.2, 0.25) is 0 Å². The lowest BCUT2D eigenvalue weighted by molar-refractivity contribution is -0.170. The summed E-state index contributed by atoms with van der Waals surface area (Å²) in [4.78, 5) is 63.9. The van der Waals surface area contributed by atoms with Gasteiger partial charge in [-0.15, -0.1) is 0 Å². The molecule has 2 aromatic carbocycles. The number of carbonyl (C=O) groups is 4. The number of aliphatic hydroxyl groups excluding tert-OH is 1. The van der Waals surface area contributed by atoms with Crippen molar-refractivity contribution in [3.8, 4) is 23.0 Å². The maximum absolute atomic E-state index is 13.7. The van der Waals surface area contributed by atoms with Gasteiger partial charge >= 0.3 is 17.7 Å². The lowest BCUT2D eigenvalue weighted by atomic mass is 9.84. The smallest absolute Gasteiger partial charge is 0.407 e. The first-order valence-electron chi connectivity index (χ1n) is 14.6. The van der Waals surface area contributed by atoms with Gasteiger partial charge in [-0.25, -0.2) is 14.4 Å². The second-order valence-corrected chi connectivity index (χ2v) is 12.4. The molecule has 3 aromatic rings. The Labute approximate surface area is 270 Å². The molecule has 0 saturated carbocycles. The SMILES string of the molecule is COC(=O)c1cc2cc3c(c(O)c2c(=O)o1)OC1(CC2=C(O1)C(=O)c1c(O)c(NCCNC(=O)OC(C)(C)C)cc(O)c1C2=O)CC3O.